The molecule has 0 radical (unpaired) electrons. The van der Waals surface area contributed by atoms with E-state index in [2.05, 4.69) is 24.0 Å². The van der Waals surface area contributed by atoms with E-state index < -0.39 is 11.5 Å². The molecule has 2 unspecified atom stereocenters. The van der Waals surface area contributed by atoms with Crippen molar-refractivity contribution in [3.63, 3.8) is 0 Å². The third-order valence-corrected chi connectivity index (χ3v) is 7.41. The van der Waals surface area contributed by atoms with E-state index in [-0.39, 0.29) is 29.8 Å². The van der Waals surface area contributed by atoms with Gasteiger partial charge in [-0.25, -0.2) is 9.18 Å². The first-order valence-corrected chi connectivity index (χ1v) is 12.4. The number of nitrogens with zero attached hydrogens (tertiary/aromatic N) is 3. The van der Waals surface area contributed by atoms with E-state index in [1.54, 1.807) is 24.5 Å². The van der Waals surface area contributed by atoms with Gasteiger partial charge in [-0.15, -0.1) is 12.4 Å². The summed E-state index contributed by atoms with van der Waals surface area (Å²) in [7, 11) is 0. The lowest BCUT2D eigenvalue weighted by Crippen LogP contribution is -2.29. The number of anilines is 1. The molecule has 5 heterocycles. The highest BCUT2D eigenvalue weighted by Gasteiger charge is 2.30. The number of hydrogen-bond donors (Lipinski definition) is 2. The molecule has 2 aromatic rings. The summed E-state index contributed by atoms with van der Waals surface area (Å²) in [6.45, 7) is 6.54. The number of carboxylic acid groups (broad SMARTS) is 1. The summed E-state index contributed by atoms with van der Waals surface area (Å²) in [5, 5.41) is 9.04. The summed E-state index contributed by atoms with van der Waals surface area (Å²) in [5.41, 5.74) is 10.7. The van der Waals surface area contributed by atoms with Gasteiger partial charge in [0.25, 0.3) is 5.56 Å². The molecule has 1 saturated heterocycles. The van der Waals surface area contributed by atoms with Crippen LogP contribution >= 0.6 is 12.4 Å². The van der Waals surface area contributed by atoms with Gasteiger partial charge < -0.3 is 20.6 Å². The van der Waals surface area contributed by atoms with Crippen molar-refractivity contribution in [2.75, 3.05) is 24.5 Å². The second kappa shape index (κ2) is 10.6. The maximum Gasteiger partial charge on any atom is 0.341 e. The van der Waals surface area contributed by atoms with Crippen molar-refractivity contribution in [3.05, 3.63) is 93.5 Å². The summed E-state index contributed by atoms with van der Waals surface area (Å²) in [6.07, 6.45) is 13.6. The zero-order valence-electron chi connectivity index (χ0n) is 20.9. The highest BCUT2D eigenvalue weighted by atomic mass is 35.5. The summed E-state index contributed by atoms with van der Waals surface area (Å²) in [6, 6.07) is 5.06. The average Bonchev–Trinajstić information content (AvgIpc) is 3.64. The third-order valence-electron chi connectivity index (χ3n) is 7.41. The molecular formula is C28H32ClFN4O3. The fourth-order valence-electron chi connectivity index (χ4n) is 5.15. The van der Waals surface area contributed by atoms with Crippen LogP contribution in [0.5, 0.6) is 0 Å². The van der Waals surface area contributed by atoms with Crippen LogP contribution in [-0.2, 0) is 0 Å². The molecule has 196 valence electrons. The molecule has 0 amide bonds. The van der Waals surface area contributed by atoms with Gasteiger partial charge in [0.05, 0.1) is 5.52 Å². The van der Waals surface area contributed by atoms with Crippen LogP contribution in [0.1, 0.15) is 35.7 Å². The van der Waals surface area contributed by atoms with Crippen LogP contribution in [0.15, 0.2) is 76.8 Å². The van der Waals surface area contributed by atoms with E-state index >= 15 is 0 Å². The monoisotopic (exact) mass is 526 g/mol. The molecule has 0 spiro atoms. The second-order valence-electron chi connectivity index (χ2n) is 10.0. The molecule has 3 N–H and O–H groups in total. The van der Waals surface area contributed by atoms with Gasteiger partial charge in [0.2, 0.25) is 0 Å². The number of allylic oxidation sites excluding steroid dienone is 5. The molecule has 3 aliphatic heterocycles. The summed E-state index contributed by atoms with van der Waals surface area (Å²) in [5.74, 6) is -0.213. The number of carboxylic acids is 1. The third kappa shape index (κ3) is 5.22. The zero-order chi connectivity index (χ0) is 25.6. The van der Waals surface area contributed by atoms with Crippen molar-refractivity contribution in [2.24, 2.45) is 17.6 Å². The number of aryl methyl sites for hydroxylation is 1. The number of aromatic nitrogens is 1. The number of aromatic carboxylic acids is 1. The van der Waals surface area contributed by atoms with E-state index in [0.717, 1.165) is 42.3 Å². The van der Waals surface area contributed by atoms with Crippen LogP contribution < -0.4 is 16.2 Å². The number of nitrogens with two attached hydrogens (primary N) is 1. The molecule has 2 aromatic heterocycles. The van der Waals surface area contributed by atoms with Crippen LogP contribution in [0.25, 0.3) is 5.52 Å². The maximum atomic E-state index is 13.0. The Balaban J connectivity index is 0.000000184. The van der Waals surface area contributed by atoms with Gasteiger partial charge in [-0.05, 0) is 73.1 Å². The molecule has 4 aliphatic rings. The quantitative estimate of drug-likeness (QED) is 0.615. The van der Waals surface area contributed by atoms with Crippen molar-refractivity contribution < 1.29 is 14.3 Å². The van der Waals surface area contributed by atoms with Crippen LogP contribution in [0.4, 0.5) is 10.1 Å². The molecular weight excluding hydrogens is 495 g/mol. The normalized spacial score (nSPS) is 22.3. The minimum Gasteiger partial charge on any atom is -0.477 e. The number of halogens is 2. The fraction of sp³-hybridized carbons (Fsp3) is 0.357. The minimum atomic E-state index is -1.21. The van der Waals surface area contributed by atoms with Gasteiger partial charge in [-0.3, -0.25) is 9.20 Å². The van der Waals surface area contributed by atoms with E-state index in [4.69, 9.17) is 10.8 Å². The Morgan fingerprint density at radius 1 is 1.14 bits per heavy atom. The standard InChI is InChI=1S/C16H19N3O3.C12H12FN.ClH/c1-9-7-18(8-12(9)17)13-5-6-19-14(10(13)2)4-3-11(15(19)20)16(21)22;13-10-5-6-12-11(9-3-4-9)2-1-7-14(12)8-10;/h3-6,9,12H,7-8,17H2,1-2H3,(H,21,22);1-2,5-6,8-9H,3-4,7H2;1H. The largest absolute Gasteiger partial charge is 0.477 e. The number of pyridine rings is 2. The minimum absolute atomic E-state index is 0. The van der Waals surface area contributed by atoms with Crippen LogP contribution in [0.2, 0.25) is 0 Å². The van der Waals surface area contributed by atoms with Crippen molar-refractivity contribution in [2.45, 2.75) is 32.7 Å². The van der Waals surface area contributed by atoms with Crippen molar-refractivity contribution >= 4 is 29.6 Å². The predicted molar refractivity (Wildman–Crippen MR) is 146 cm³/mol. The second-order valence-corrected chi connectivity index (χ2v) is 10.0. The number of carbonyl (C=O) groups is 1. The van der Waals surface area contributed by atoms with E-state index in [1.807, 2.05) is 24.0 Å². The Kier molecular flexibility index (Phi) is 7.62. The van der Waals surface area contributed by atoms with Crippen LogP contribution in [0.3, 0.4) is 0 Å². The van der Waals surface area contributed by atoms with Gasteiger partial charge in [0.1, 0.15) is 11.4 Å². The first kappa shape index (κ1) is 26.7. The van der Waals surface area contributed by atoms with Gasteiger partial charge in [-0.1, -0.05) is 19.1 Å². The first-order chi connectivity index (χ1) is 17.2. The molecule has 2 atom stereocenters. The molecule has 1 aliphatic carbocycles. The number of rotatable bonds is 3. The Morgan fingerprint density at radius 3 is 2.54 bits per heavy atom. The molecule has 6 rings (SSSR count). The molecule has 7 nitrogen and oxygen atoms in total. The Hall–Kier alpha value is -3.36. The molecule has 37 heavy (non-hydrogen) atoms. The summed E-state index contributed by atoms with van der Waals surface area (Å²) >= 11 is 0. The lowest BCUT2D eigenvalue weighted by atomic mass is 10.0. The first-order valence-electron chi connectivity index (χ1n) is 12.4. The van der Waals surface area contributed by atoms with E-state index in [1.165, 1.54) is 34.6 Å². The number of fused-ring (bicyclic) bond motifs is 2. The van der Waals surface area contributed by atoms with Gasteiger partial charge in [-0.2, -0.15) is 0 Å². The zero-order valence-corrected chi connectivity index (χ0v) is 21.7. The van der Waals surface area contributed by atoms with Gasteiger partial charge >= 0.3 is 5.97 Å². The van der Waals surface area contributed by atoms with E-state index in [0.29, 0.717) is 5.92 Å². The molecule has 0 aromatic carbocycles. The average molecular weight is 527 g/mol. The van der Waals surface area contributed by atoms with Gasteiger partial charge in [0, 0.05) is 49.5 Å². The molecule has 1 saturated carbocycles. The molecule has 2 fully saturated rings. The van der Waals surface area contributed by atoms with Crippen molar-refractivity contribution in [1.82, 2.24) is 9.30 Å². The fourth-order valence-corrected chi connectivity index (χ4v) is 5.15. The smallest absolute Gasteiger partial charge is 0.341 e. The van der Waals surface area contributed by atoms with Gasteiger partial charge in [0.15, 0.2) is 0 Å². The number of hydrogen-bond acceptors (Lipinski definition) is 5. The van der Waals surface area contributed by atoms with Crippen LogP contribution in [0, 0.1) is 18.8 Å². The maximum absolute atomic E-state index is 13.0. The summed E-state index contributed by atoms with van der Waals surface area (Å²) < 4.78 is 14.4. The molecule has 9 heteroatoms. The van der Waals surface area contributed by atoms with Crippen LogP contribution in [-0.4, -0.2) is 46.1 Å². The lowest BCUT2D eigenvalue weighted by Gasteiger charge is -2.28. The highest BCUT2D eigenvalue weighted by molar-refractivity contribution is 5.88. The highest BCUT2D eigenvalue weighted by Crippen LogP contribution is 2.41. The van der Waals surface area contributed by atoms with Crippen molar-refractivity contribution in [3.8, 4) is 0 Å². The Bertz CT molecular complexity index is 1400. The summed E-state index contributed by atoms with van der Waals surface area (Å²) in [4.78, 5) is 27.5. The SMILES string of the molecule is Cc1c(N2CC(C)C(N)C2)ccn2c(=O)c(C(=O)O)ccc12.Cl.FC1=CN2CC=CC(C3CC3)=C2C=C1. The molecule has 0 bridgehead atoms. The Labute approximate surface area is 221 Å². The predicted octanol–water partition coefficient (Wildman–Crippen LogP) is 4.41. The Morgan fingerprint density at radius 2 is 1.89 bits per heavy atom. The topological polar surface area (TPSA) is 91.3 Å². The van der Waals surface area contributed by atoms with E-state index in [9.17, 15) is 14.0 Å². The van der Waals surface area contributed by atoms with Crippen molar-refractivity contribution in [1.29, 1.82) is 0 Å². The lowest BCUT2D eigenvalue weighted by molar-refractivity contribution is 0.0694.